The molecule has 2 amide bonds. The number of ether oxygens (including phenoxy) is 2. The molecule has 0 bridgehead atoms. The smallest absolute Gasteiger partial charge is 0.307 e. The molecular formula is C27H22Cl2F2N2O4. The lowest BCUT2D eigenvalue weighted by atomic mass is 9.97. The number of carbonyl (C=O) groups is 2. The summed E-state index contributed by atoms with van der Waals surface area (Å²) >= 11 is 12.6. The Labute approximate surface area is 222 Å². The number of likely N-dealkylation sites (N-methyl/N-ethyl adjacent to an activating group) is 1. The molecule has 37 heavy (non-hydrogen) atoms. The fraction of sp³-hybridized carbons (Fsp3) is 0.259. The van der Waals surface area contributed by atoms with Crippen LogP contribution in [0.2, 0.25) is 10.0 Å². The first-order valence-corrected chi connectivity index (χ1v) is 12.3. The molecule has 1 saturated heterocycles. The number of fused-ring (bicyclic) bond motifs is 1. The quantitative estimate of drug-likeness (QED) is 0.425. The van der Waals surface area contributed by atoms with Gasteiger partial charge in [-0.1, -0.05) is 23.2 Å². The van der Waals surface area contributed by atoms with Gasteiger partial charge < -0.3 is 19.3 Å². The summed E-state index contributed by atoms with van der Waals surface area (Å²) in [6.45, 7) is 0.330. The van der Waals surface area contributed by atoms with E-state index in [1.165, 1.54) is 46.2 Å². The molecule has 3 aromatic carbocycles. The van der Waals surface area contributed by atoms with E-state index >= 15 is 4.39 Å². The van der Waals surface area contributed by atoms with E-state index in [1.807, 2.05) is 0 Å². The monoisotopic (exact) mass is 546 g/mol. The highest BCUT2D eigenvalue weighted by Gasteiger charge is 2.48. The summed E-state index contributed by atoms with van der Waals surface area (Å²) in [4.78, 5) is 28.8. The van der Waals surface area contributed by atoms with Crippen molar-refractivity contribution in [2.24, 2.45) is 0 Å². The van der Waals surface area contributed by atoms with Crippen LogP contribution >= 0.6 is 23.2 Å². The summed E-state index contributed by atoms with van der Waals surface area (Å²) < 4.78 is 41.5. The molecule has 3 aromatic rings. The van der Waals surface area contributed by atoms with Gasteiger partial charge >= 0.3 is 5.79 Å². The van der Waals surface area contributed by atoms with Crippen LogP contribution in [-0.4, -0.2) is 48.3 Å². The number of hydrogen-bond donors (Lipinski definition) is 0. The molecular weight excluding hydrogens is 525 g/mol. The van der Waals surface area contributed by atoms with Crippen LogP contribution in [0.4, 0.5) is 8.78 Å². The van der Waals surface area contributed by atoms with Crippen LogP contribution in [0.5, 0.6) is 11.5 Å². The van der Waals surface area contributed by atoms with Crippen molar-refractivity contribution in [3.05, 3.63) is 93.0 Å². The molecule has 6 nitrogen and oxygen atoms in total. The van der Waals surface area contributed by atoms with Crippen molar-refractivity contribution in [2.45, 2.75) is 24.7 Å². The number of benzene rings is 3. The fourth-order valence-corrected chi connectivity index (χ4v) is 5.25. The normalized spacial score (nSPS) is 20.3. The number of carbonyl (C=O) groups excluding carboxylic acids is 2. The minimum absolute atomic E-state index is 0.0340. The highest BCUT2D eigenvalue weighted by Crippen LogP contribution is 2.50. The third-order valence-corrected chi connectivity index (χ3v) is 7.07. The van der Waals surface area contributed by atoms with E-state index in [-0.39, 0.29) is 28.0 Å². The highest BCUT2D eigenvalue weighted by molar-refractivity contribution is 6.35. The van der Waals surface area contributed by atoms with Gasteiger partial charge in [0.05, 0.1) is 16.1 Å². The van der Waals surface area contributed by atoms with Crippen molar-refractivity contribution in [1.29, 1.82) is 0 Å². The van der Waals surface area contributed by atoms with E-state index in [0.717, 1.165) is 6.07 Å². The molecule has 1 fully saturated rings. The van der Waals surface area contributed by atoms with Gasteiger partial charge in [-0.3, -0.25) is 9.59 Å². The van der Waals surface area contributed by atoms with Crippen LogP contribution in [0.3, 0.4) is 0 Å². The molecule has 0 spiro atoms. The Morgan fingerprint density at radius 3 is 2.32 bits per heavy atom. The molecule has 0 saturated carbocycles. The molecule has 2 unspecified atom stereocenters. The van der Waals surface area contributed by atoms with Gasteiger partial charge in [-0.15, -0.1) is 0 Å². The van der Waals surface area contributed by atoms with E-state index in [9.17, 15) is 14.0 Å². The Bertz CT molecular complexity index is 1400. The first-order valence-electron chi connectivity index (χ1n) is 11.6. The maximum absolute atomic E-state index is 15.3. The molecule has 2 aliphatic heterocycles. The lowest BCUT2D eigenvalue weighted by Crippen LogP contribution is -2.45. The molecule has 10 heteroatoms. The second-order valence-electron chi connectivity index (χ2n) is 9.12. The van der Waals surface area contributed by atoms with Crippen molar-refractivity contribution >= 4 is 35.0 Å². The minimum atomic E-state index is -1.69. The molecule has 5 rings (SSSR count). The molecule has 0 aliphatic carbocycles. The largest absolute Gasteiger partial charge is 0.440 e. The number of nitrogens with zero attached hydrogens (tertiary/aromatic N) is 2. The molecule has 0 aromatic heterocycles. The average molecular weight is 547 g/mol. The van der Waals surface area contributed by atoms with E-state index < -0.39 is 29.4 Å². The number of likely N-dealkylation sites (tertiary alicyclic amines) is 1. The highest BCUT2D eigenvalue weighted by atomic mass is 35.5. The molecule has 2 aliphatic rings. The van der Waals surface area contributed by atoms with Gasteiger partial charge in [-0.05, 0) is 61.4 Å². The van der Waals surface area contributed by atoms with E-state index in [2.05, 4.69) is 0 Å². The third kappa shape index (κ3) is 4.38. The van der Waals surface area contributed by atoms with Crippen molar-refractivity contribution in [3.8, 4) is 11.5 Å². The van der Waals surface area contributed by atoms with Gasteiger partial charge in [0.2, 0.25) is 5.91 Å². The summed E-state index contributed by atoms with van der Waals surface area (Å²) in [5, 5.41) is 0.591. The van der Waals surface area contributed by atoms with Gasteiger partial charge in [-0.25, -0.2) is 8.78 Å². The van der Waals surface area contributed by atoms with Gasteiger partial charge in [0.15, 0.2) is 11.5 Å². The van der Waals surface area contributed by atoms with Crippen molar-refractivity contribution in [2.75, 3.05) is 20.6 Å². The minimum Gasteiger partial charge on any atom is -0.440 e. The zero-order valence-electron chi connectivity index (χ0n) is 19.9. The van der Waals surface area contributed by atoms with Crippen LogP contribution in [0.25, 0.3) is 0 Å². The lowest BCUT2D eigenvalue weighted by Gasteiger charge is -2.29. The summed E-state index contributed by atoms with van der Waals surface area (Å²) in [5.41, 5.74) is 0.488. The Morgan fingerprint density at radius 2 is 1.68 bits per heavy atom. The Kier molecular flexibility index (Phi) is 6.50. The SMILES string of the molecule is CN(C)C(=O)C1CCCN1C(=O)c1cc2c(cc1F)OC(c1ccc(F)cc1)(c1ccc(Cl)cc1Cl)O2. The maximum Gasteiger partial charge on any atom is 0.307 e. The number of amides is 2. The first-order chi connectivity index (χ1) is 17.6. The van der Waals surface area contributed by atoms with Gasteiger partial charge in [0.1, 0.15) is 17.7 Å². The zero-order valence-corrected chi connectivity index (χ0v) is 21.4. The van der Waals surface area contributed by atoms with Crippen molar-refractivity contribution in [3.63, 3.8) is 0 Å². The first kappa shape index (κ1) is 25.3. The number of rotatable bonds is 4. The summed E-state index contributed by atoms with van der Waals surface area (Å²) in [6.07, 6.45) is 1.13. The van der Waals surface area contributed by atoms with Crippen LogP contribution in [0.15, 0.2) is 54.6 Å². The van der Waals surface area contributed by atoms with E-state index in [4.69, 9.17) is 32.7 Å². The predicted octanol–water partition coefficient (Wildman–Crippen LogP) is 5.64. The summed E-state index contributed by atoms with van der Waals surface area (Å²) in [7, 11) is 3.22. The van der Waals surface area contributed by atoms with Gasteiger partial charge in [0.25, 0.3) is 5.91 Å². The second kappa shape index (κ2) is 9.50. The van der Waals surface area contributed by atoms with Crippen LogP contribution in [0, 0.1) is 11.6 Å². The standard InChI is InChI=1S/C27H22Cl2F2N2O4/c1-32(2)26(35)22-4-3-11-33(22)25(34)18-13-23-24(14-21(18)31)37-27(36-23,15-5-8-17(30)9-6-15)19-10-7-16(28)12-20(19)29/h5-10,12-14,22H,3-4,11H2,1-2H3. The number of hydrogen-bond acceptors (Lipinski definition) is 4. The van der Waals surface area contributed by atoms with Crippen molar-refractivity contribution in [1.82, 2.24) is 9.80 Å². The Balaban J connectivity index is 1.56. The Morgan fingerprint density at radius 1 is 1.00 bits per heavy atom. The van der Waals surface area contributed by atoms with Crippen LogP contribution in [-0.2, 0) is 10.6 Å². The van der Waals surface area contributed by atoms with Gasteiger partial charge in [-0.2, -0.15) is 0 Å². The zero-order chi connectivity index (χ0) is 26.5. The Hall–Kier alpha value is -3.36. The fourth-order valence-electron chi connectivity index (χ4n) is 4.72. The molecule has 2 atom stereocenters. The van der Waals surface area contributed by atoms with Crippen LogP contribution < -0.4 is 9.47 Å². The molecule has 192 valence electrons. The average Bonchev–Trinajstić information content (AvgIpc) is 3.48. The van der Waals surface area contributed by atoms with Gasteiger partial charge in [0, 0.05) is 37.3 Å². The molecule has 0 radical (unpaired) electrons. The molecule has 2 heterocycles. The summed E-state index contributed by atoms with van der Waals surface area (Å²) in [6, 6.07) is 11.8. The molecule has 0 N–H and O–H groups in total. The predicted molar refractivity (Wildman–Crippen MR) is 134 cm³/mol. The van der Waals surface area contributed by atoms with E-state index in [1.54, 1.807) is 26.2 Å². The summed E-state index contributed by atoms with van der Waals surface area (Å²) in [5.74, 6) is -3.70. The van der Waals surface area contributed by atoms with Crippen LogP contribution in [0.1, 0.15) is 34.3 Å². The third-order valence-electron chi connectivity index (χ3n) is 6.52. The topological polar surface area (TPSA) is 59.1 Å². The maximum atomic E-state index is 15.3. The van der Waals surface area contributed by atoms with E-state index in [0.29, 0.717) is 35.5 Å². The van der Waals surface area contributed by atoms with Crippen molar-refractivity contribution < 1.29 is 27.8 Å². The number of halogens is 4. The lowest BCUT2D eigenvalue weighted by molar-refractivity contribution is -0.132. The second-order valence-corrected chi connectivity index (χ2v) is 9.96.